The number of azo groups is 1. The van der Waals surface area contributed by atoms with E-state index in [1.54, 1.807) is 30.3 Å². The highest BCUT2D eigenvalue weighted by molar-refractivity contribution is 7.54. The van der Waals surface area contributed by atoms with Crippen LogP contribution in [-0.2, 0) is 19.0 Å². The fraction of sp³-hybridized carbons (Fsp3) is 0.571. The Hall–Kier alpha value is -1.07. The van der Waals surface area contributed by atoms with Crippen molar-refractivity contribution in [2.45, 2.75) is 31.7 Å². The molecule has 0 saturated carbocycles. The first kappa shape index (κ1) is 18.0. The number of nitrogens with zero attached hydrogens (tertiary/aromatic N) is 2. The molecule has 0 aliphatic carbocycles. The Morgan fingerprint density at radius 1 is 1.14 bits per heavy atom. The Balaban J connectivity index is 3.24. The molecule has 1 N–H and O–H groups in total. The maximum absolute atomic E-state index is 12.7. The molecule has 1 rings (SSSR count). The van der Waals surface area contributed by atoms with E-state index in [9.17, 15) is 9.67 Å². The van der Waals surface area contributed by atoms with Crippen LogP contribution in [0.15, 0.2) is 40.6 Å². The predicted octanol–water partition coefficient (Wildman–Crippen LogP) is 3.57. The van der Waals surface area contributed by atoms with Gasteiger partial charge in [0.25, 0.3) is 0 Å². The molecule has 1 atom stereocenters. The van der Waals surface area contributed by atoms with Crippen molar-refractivity contribution in [2.24, 2.45) is 10.2 Å². The zero-order valence-electron chi connectivity index (χ0n) is 13.1. The van der Waals surface area contributed by atoms with Crippen LogP contribution >= 0.6 is 7.60 Å². The Labute approximate surface area is 125 Å². The van der Waals surface area contributed by atoms with Crippen LogP contribution in [0.5, 0.6) is 0 Å². The van der Waals surface area contributed by atoms with Gasteiger partial charge in [-0.25, -0.2) is 0 Å². The molecular formula is C14H23N2O4P. The first-order chi connectivity index (χ1) is 9.68. The summed E-state index contributed by atoms with van der Waals surface area (Å²) in [7, 11) is -1.33. The van der Waals surface area contributed by atoms with Gasteiger partial charge in [0, 0.05) is 14.2 Å². The normalized spacial score (nSPS) is 16.1. The van der Waals surface area contributed by atoms with E-state index in [1.165, 1.54) is 14.2 Å². The van der Waals surface area contributed by atoms with E-state index in [4.69, 9.17) is 9.05 Å². The van der Waals surface area contributed by atoms with Crippen LogP contribution in [0.2, 0.25) is 0 Å². The van der Waals surface area contributed by atoms with Crippen molar-refractivity contribution in [3.8, 4) is 0 Å². The highest BCUT2D eigenvalue weighted by atomic mass is 31.2. The minimum Gasteiger partial charge on any atom is -0.372 e. The van der Waals surface area contributed by atoms with Crippen LogP contribution in [0.25, 0.3) is 0 Å². The van der Waals surface area contributed by atoms with Crippen LogP contribution in [0.3, 0.4) is 0 Å². The Morgan fingerprint density at radius 3 is 2.10 bits per heavy atom. The van der Waals surface area contributed by atoms with Crippen molar-refractivity contribution < 1.29 is 18.7 Å². The van der Waals surface area contributed by atoms with Crippen molar-refractivity contribution in [2.75, 3.05) is 20.8 Å². The average Bonchev–Trinajstić information content (AvgIpc) is 2.45. The minimum atomic E-state index is -3.81. The van der Waals surface area contributed by atoms with Gasteiger partial charge in [0.05, 0.1) is 5.54 Å². The van der Waals surface area contributed by atoms with Crippen LogP contribution in [0, 0.1) is 0 Å². The summed E-state index contributed by atoms with van der Waals surface area (Å²) in [5.74, 6) is 0. The summed E-state index contributed by atoms with van der Waals surface area (Å²) in [6, 6.07) is 8.56. The van der Waals surface area contributed by atoms with Crippen LogP contribution in [-0.4, -0.2) is 31.4 Å². The van der Waals surface area contributed by atoms with E-state index in [-0.39, 0.29) is 12.1 Å². The molecule has 0 spiro atoms. The zero-order chi connectivity index (χ0) is 16.1. The fourth-order valence-corrected chi connectivity index (χ4v) is 3.22. The quantitative estimate of drug-likeness (QED) is 0.643. The first-order valence-corrected chi connectivity index (χ1v) is 8.11. The highest BCUT2D eigenvalue weighted by Crippen LogP contribution is 2.62. The van der Waals surface area contributed by atoms with Crippen molar-refractivity contribution in [3.63, 3.8) is 0 Å². The molecule has 0 aliphatic rings. The molecule has 0 radical (unpaired) electrons. The molecule has 6 nitrogen and oxygen atoms in total. The molecule has 0 unspecified atom stereocenters. The van der Waals surface area contributed by atoms with E-state index in [0.717, 1.165) is 0 Å². The molecule has 0 aromatic heterocycles. The van der Waals surface area contributed by atoms with Crippen LogP contribution in [0.4, 0.5) is 0 Å². The standard InChI is InChI=1S/C14H23N2O4P/c1-13(2,3)16-15-11-14(17,21(18,19-4)20-5)12-9-7-6-8-10-12/h6-10,17H,11H2,1-5H3/t14-/m1/s1. The molecule has 0 heterocycles. The molecule has 21 heavy (non-hydrogen) atoms. The summed E-state index contributed by atoms with van der Waals surface area (Å²) in [6.07, 6.45) is 0. The Morgan fingerprint density at radius 2 is 1.67 bits per heavy atom. The van der Waals surface area contributed by atoms with Crippen molar-refractivity contribution >= 4 is 7.60 Å². The lowest BCUT2D eigenvalue weighted by Crippen LogP contribution is -2.31. The lowest BCUT2D eigenvalue weighted by atomic mass is 10.1. The monoisotopic (exact) mass is 314 g/mol. The molecular weight excluding hydrogens is 291 g/mol. The number of hydrogen-bond donors (Lipinski definition) is 1. The number of aliphatic hydroxyl groups is 1. The molecule has 0 saturated heterocycles. The molecule has 0 amide bonds. The summed E-state index contributed by atoms with van der Waals surface area (Å²) in [5, 5.41) is 17.1. The minimum absolute atomic E-state index is 0.215. The SMILES string of the molecule is COP(=O)(OC)[C@](O)(CN=NC(C)(C)C)c1ccccc1. The van der Waals surface area contributed by atoms with Crippen LogP contribution in [0.1, 0.15) is 26.3 Å². The summed E-state index contributed by atoms with van der Waals surface area (Å²) >= 11 is 0. The van der Waals surface area contributed by atoms with Crippen molar-refractivity contribution in [3.05, 3.63) is 35.9 Å². The summed E-state index contributed by atoms with van der Waals surface area (Å²) < 4.78 is 22.7. The van der Waals surface area contributed by atoms with Gasteiger partial charge in [0.2, 0.25) is 5.34 Å². The highest BCUT2D eigenvalue weighted by Gasteiger charge is 2.50. The second-order valence-corrected chi connectivity index (χ2v) is 8.08. The van der Waals surface area contributed by atoms with Crippen molar-refractivity contribution in [1.29, 1.82) is 0 Å². The fourth-order valence-electron chi connectivity index (χ4n) is 1.76. The van der Waals surface area contributed by atoms with Crippen LogP contribution < -0.4 is 0 Å². The number of benzene rings is 1. The van der Waals surface area contributed by atoms with E-state index >= 15 is 0 Å². The number of hydrogen-bond acceptors (Lipinski definition) is 6. The second-order valence-electron chi connectivity index (χ2n) is 5.62. The Bertz CT molecular complexity index is 520. The third-order valence-electron chi connectivity index (χ3n) is 2.83. The summed E-state index contributed by atoms with van der Waals surface area (Å²) in [5.41, 5.74) is 0.0201. The second kappa shape index (κ2) is 6.79. The van der Waals surface area contributed by atoms with Gasteiger partial charge < -0.3 is 14.2 Å². The predicted molar refractivity (Wildman–Crippen MR) is 81.4 cm³/mol. The molecule has 1 aromatic carbocycles. The first-order valence-electron chi connectivity index (χ1n) is 6.57. The van der Waals surface area contributed by atoms with Gasteiger partial charge in [-0.3, -0.25) is 4.57 Å². The molecule has 118 valence electrons. The van der Waals surface area contributed by atoms with Gasteiger partial charge >= 0.3 is 7.60 Å². The lowest BCUT2D eigenvalue weighted by Gasteiger charge is -2.32. The topological polar surface area (TPSA) is 80.5 Å². The maximum atomic E-state index is 12.7. The Kier molecular flexibility index (Phi) is 5.82. The molecule has 7 heteroatoms. The maximum Gasteiger partial charge on any atom is 0.368 e. The van der Waals surface area contributed by atoms with E-state index in [2.05, 4.69) is 10.2 Å². The van der Waals surface area contributed by atoms with Gasteiger partial charge in [-0.15, -0.1) is 0 Å². The summed E-state index contributed by atoms with van der Waals surface area (Å²) in [6.45, 7) is 5.42. The molecule has 0 aliphatic heterocycles. The number of rotatable bonds is 6. The van der Waals surface area contributed by atoms with E-state index < -0.39 is 12.9 Å². The molecule has 0 fully saturated rings. The van der Waals surface area contributed by atoms with Gasteiger partial charge in [-0.1, -0.05) is 30.3 Å². The van der Waals surface area contributed by atoms with Gasteiger partial charge in [0.15, 0.2) is 0 Å². The largest absolute Gasteiger partial charge is 0.372 e. The zero-order valence-corrected chi connectivity index (χ0v) is 14.0. The average molecular weight is 314 g/mol. The smallest absolute Gasteiger partial charge is 0.368 e. The van der Waals surface area contributed by atoms with E-state index in [1.807, 2.05) is 20.8 Å². The van der Waals surface area contributed by atoms with Gasteiger partial charge in [-0.2, -0.15) is 10.2 Å². The molecule has 1 aromatic rings. The van der Waals surface area contributed by atoms with Crippen molar-refractivity contribution in [1.82, 2.24) is 0 Å². The van der Waals surface area contributed by atoms with E-state index in [0.29, 0.717) is 5.56 Å². The summed E-state index contributed by atoms with van der Waals surface area (Å²) in [4.78, 5) is 0. The lowest BCUT2D eigenvalue weighted by molar-refractivity contribution is 0.0825. The molecule has 0 bridgehead atoms. The van der Waals surface area contributed by atoms with Gasteiger partial charge in [0.1, 0.15) is 6.54 Å². The third kappa shape index (κ3) is 4.20. The van der Waals surface area contributed by atoms with Gasteiger partial charge in [-0.05, 0) is 26.3 Å². The third-order valence-corrected chi connectivity index (χ3v) is 5.10.